The lowest BCUT2D eigenvalue weighted by atomic mass is 9.44. The summed E-state index contributed by atoms with van der Waals surface area (Å²) in [6, 6.07) is 8.27. The molecule has 0 unspecified atom stereocenters. The van der Waals surface area contributed by atoms with Crippen molar-refractivity contribution in [3.63, 3.8) is 0 Å². The quantitative estimate of drug-likeness (QED) is 0.818. The zero-order valence-corrected chi connectivity index (χ0v) is 17.5. The number of aliphatic hydroxyl groups excluding tert-OH is 1. The molecule has 2 N–H and O–H groups in total. The fraction of sp³-hybridized carbons (Fsp3) is 0.591. The van der Waals surface area contributed by atoms with E-state index in [1.165, 1.54) is 6.42 Å². The summed E-state index contributed by atoms with van der Waals surface area (Å²) in [6.07, 6.45) is 3.13. The predicted octanol–water partition coefficient (Wildman–Crippen LogP) is 4.33. The van der Waals surface area contributed by atoms with Crippen molar-refractivity contribution < 1.29 is 14.6 Å². The molecule has 148 valence electrons. The second-order valence-electron chi connectivity index (χ2n) is 8.42. The SMILES string of the molecule is CC1(C)[C@H]2C[C@H](CCO)[C@@H](NC(=O)c3csc4ccccc34)[C@@H]1C2.COC. The van der Waals surface area contributed by atoms with Crippen LogP contribution in [0.2, 0.25) is 0 Å². The largest absolute Gasteiger partial charge is 0.396 e. The van der Waals surface area contributed by atoms with Gasteiger partial charge < -0.3 is 15.2 Å². The standard InChI is InChI=1S/C20H25NO2S.C2H6O/c1-20(2)13-9-12(7-8-22)18(16(20)10-13)21-19(23)15-11-24-17-6-4-3-5-14(15)17;1-3-2/h3-6,11-13,16,18,22H,7-10H2,1-2H3,(H,21,23);1-2H3/t12-,13-,16-,18+;/m0./s1. The molecule has 0 saturated heterocycles. The molecule has 3 aliphatic rings. The fourth-order valence-electron chi connectivity index (χ4n) is 4.97. The number of benzene rings is 1. The average molecular weight is 390 g/mol. The number of aliphatic hydroxyl groups is 1. The molecule has 5 rings (SSSR count). The molecule has 0 spiro atoms. The van der Waals surface area contributed by atoms with E-state index >= 15 is 0 Å². The first-order valence-corrected chi connectivity index (χ1v) is 10.6. The highest BCUT2D eigenvalue weighted by Gasteiger charge is 2.57. The molecule has 3 fully saturated rings. The second kappa shape index (κ2) is 8.29. The highest BCUT2D eigenvalue weighted by molar-refractivity contribution is 7.17. The lowest BCUT2D eigenvalue weighted by Crippen LogP contribution is -2.63. The third-order valence-electron chi connectivity index (χ3n) is 6.60. The molecule has 1 aromatic heterocycles. The molecule has 4 atom stereocenters. The summed E-state index contributed by atoms with van der Waals surface area (Å²) in [5.74, 6) is 1.72. The van der Waals surface area contributed by atoms with Gasteiger partial charge in [-0.2, -0.15) is 0 Å². The van der Waals surface area contributed by atoms with E-state index in [9.17, 15) is 9.90 Å². The first-order valence-electron chi connectivity index (χ1n) is 9.72. The Morgan fingerprint density at radius 2 is 2.00 bits per heavy atom. The molecule has 2 aromatic rings. The van der Waals surface area contributed by atoms with Gasteiger partial charge in [-0.3, -0.25) is 4.79 Å². The van der Waals surface area contributed by atoms with E-state index in [2.05, 4.69) is 30.0 Å². The van der Waals surface area contributed by atoms with E-state index in [-0.39, 0.29) is 18.6 Å². The van der Waals surface area contributed by atoms with Crippen molar-refractivity contribution in [1.29, 1.82) is 0 Å². The molecule has 4 nitrogen and oxygen atoms in total. The van der Waals surface area contributed by atoms with Gasteiger partial charge in [-0.15, -0.1) is 11.3 Å². The van der Waals surface area contributed by atoms with Crippen molar-refractivity contribution in [3.8, 4) is 0 Å². The van der Waals surface area contributed by atoms with Gasteiger partial charge in [0.15, 0.2) is 0 Å². The van der Waals surface area contributed by atoms with Crippen molar-refractivity contribution in [2.75, 3.05) is 20.8 Å². The number of fused-ring (bicyclic) bond motifs is 3. The monoisotopic (exact) mass is 389 g/mol. The Morgan fingerprint density at radius 3 is 2.67 bits per heavy atom. The number of hydrogen-bond acceptors (Lipinski definition) is 4. The number of ether oxygens (including phenoxy) is 1. The Hall–Kier alpha value is -1.43. The number of rotatable bonds is 4. The Kier molecular flexibility index (Phi) is 6.24. The minimum Gasteiger partial charge on any atom is -0.396 e. The van der Waals surface area contributed by atoms with Crippen LogP contribution in [0.5, 0.6) is 0 Å². The van der Waals surface area contributed by atoms with E-state index in [4.69, 9.17) is 0 Å². The van der Waals surface area contributed by atoms with Gasteiger partial charge in [0.1, 0.15) is 0 Å². The van der Waals surface area contributed by atoms with Crippen LogP contribution in [0.3, 0.4) is 0 Å². The van der Waals surface area contributed by atoms with E-state index in [1.54, 1.807) is 25.6 Å². The maximum atomic E-state index is 12.9. The number of hydrogen-bond donors (Lipinski definition) is 2. The van der Waals surface area contributed by atoms with Gasteiger partial charge in [0.05, 0.1) is 5.56 Å². The molecule has 1 heterocycles. The number of nitrogens with one attached hydrogen (secondary N) is 1. The molecule has 0 radical (unpaired) electrons. The zero-order valence-electron chi connectivity index (χ0n) is 16.7. The van der Waals surface area contributed by atoms with E-state index < -0.39 is 0 Å². The highest BCUT2D eigenvalue weighted by atomic mass is 32.1. The van der Waals surface area contributed by atoms with Crippen molar-refractivity contribution >= 4 is 27.3 Å². The van der Waals surface area contributed by atoms with Gasteiger partial charge in [0.2, 0.25) is 0 Å². The summed E-state index contributed by atoms with van der Waals surface area (Å²) in [5.41, 5.74) is 1.10. The predicted molar refractivity (Wildman–Crippen MR) is 111 cm³/mol. The molecule has 3 saturated carbocycles. The lowest BCUT2D eigenvalue weighted by molar-refractivity contribution is -0.114. The van der Waals surface area contributed by atoms with E-state index in [1.807, 2.05) is 23.6 Å². The van der Waals surface area contributed by atoms with E-state index in [0.29, 0.717) is 17.3 Å². The van der Waals surface area contributed by atoms with Gasteiger partial charge in [-0.25, -0.2) is 0 Å². The minimum atomic E-state index is 0.0431. The van der Waals surface area contributed by atoms with Crippen molar-refractivity contribution in [2.45, 2.75) is 39.2 Å². The maximum absolute atomic E-state index is 12.9. The van der Waals surface area contributed by atoms with Crippen molar-refractivity contribution in [3.05, 3.63) is 35.2 Å². The number of carbonyl (C=O) groups is 1. The lowest BCUT2D eigenvalue weighted by Gasteiger charge is -2.62. The molecule has 1 aromatic carbocycles. The van der Waals surface area contributed by atoms with Crippen LogP contribution in [0.15, 0.2) is 29.6 Å². The Morgan fingerprint density at radius 1 is 1.30 bits per heavy atom. The molecule has 2 bridgehead atoms. The molecule has 3 aliphatic carbocycles. The fourth-order valence-corrected chi connectivity index (χ4v) is 5.91. The van der Waals surface area contributed by atoms with Crippen LogP contribution in [0.4, 0.5) is 0 Å². The topological polar surface area (TPSA) is 58.6 Å². The summed E-state index contributed by atoms with van der Waals surface area (Å²) >= 11 is 1.62. The Bertz CT molecular complexity index is 785. The normalized spacial score (nSPS) is 28.0. The Balaban J connectivity index is 0.000000659. The van der Waals surface area contributed by atoms with Gasteiger partial charge in [0, 0.05) is 42.3 Å². The number of methoxy groups -OCH3 is 1. The summed E-state index contributed by atoms with van der Waals surface area (Å²) < 4.78 is 5.40. The second-order valence-corrected chi connectivity index (χ2v) is 9.33. The van der Waals surface area contributed by atoms with Crippen LogP contribution in [0, 0.1) is 23.2 Å². The Labute approximate surface area is 165 Å². The summed E-state index contributed by atoms with van der Waals surface area (Å²) in [4.78, 5) is 12.9. The van der Waals surface area contributed by atoms with Crippen LogP contribution in [0.1, 0.15) is 43.5 Å². The smallest absolute Gasteiger partial charge is 0.252 e. The molecule has 27 heavy (non-hydrogen) atoms. The molecule has 1 amide bonds. The first kappa shape index (κ1) is 20.3. The molecular formula is C22H31NO3S. The zero-order chi connectivity index (χ0) is 19.6. The third kappa shape index (κ3) is 3.78. The summed E-state index contributed by atoms with van der Waals surface area (Å²) in [5, 5.41) is 15.8. The third-order valence-corrected chi connectivity index (χ3v) is 7.56. The van der Waals surface area contributed by atoms with Crippen LogP contribution in [0.25, 0.3) is 10.1 Å². The summed E-state index contributed by atoms with van der Waals surface area (Å²) in [7, 11) is 3.25. The van der Waals surface area contributed by atoms with Crippen LogP contribution in [-0.4, -0.2) is 37.9 Å². The average Bonchev–Trinajstić information content (AvgIpc) is 3.07. The van der Waals surface area contributed by atoms with Gasteiger partial charge in [-0.05, 0) is 48.5 Å². The van der Waals surface area contributed by atoms with Crippen LogP contribution in [-0.2, 0) is 4.74 Å². The van der Waals surface area contributed by atoms with Gasteiger partial charge >= 0.3 is 0 Å². The van der Waals surface area contributed by atoms with Crippen LogP contribution < -0.4 is 5.32 Å². The number of thiophene rings is 1. The maximum Gasteiger partial charge on any atom is 0.252 e. The van der Waals surface area contributed by atoms with Crippen LogP contribution >= 0.6 is 11.3 Å². The number of amides is 1. The van der Waals surface area contributed by atoms with Gasteiger partial charge in [-0.1, -0.05) is 32.0 Å². The first-order chi connectivity index (χ1) is 12.9. The minimum absolute atomic E-state index is 0.0431. The highest BCUT2D eigenvalue weighted by Crippen LogP contribution is 2.61. The molecule has 0 aliphatic heterocycles. The van der Waals surface area contributed by atoms with Gasteiger partial charge in [0.25, 0.3) is 5.91 Å². The number of carbonyl (C=O) groups excluding carboxylic acids is 1. The molecule has 5 heteroatoms. The summed E-state index contributed by atoms with van der Waals surface area (Å²) in [6.45, 7) is 4.87. The van der Waals surface area contributed by atoms with E-state index in [0.717, 1.165) is 34.4 Å². The molecular weight excluding hydrogens is 358 g/mol. The van der Waals surface area contributed by atoms with Crippen molar-refractivity contribution in [2.24, 2.45) is 23.2 Å². The van der Waals surface area contributed by atoms with Crippen molar-refractivity contribution in [1.82, 2.24) is 5.32 Å².